The molecule has 4 heteroatoms. The lowest BCUT2D eigenvalue weighted by atomic mass is 10.4. The smallest absolute Gasteiger partial charge is 0.135 e. The molecule has 2 fully saturated rings. The molecule has 2 heterocycles. The summed E-state index contributed by atoms with van der Waals surface area (Å²) in [4.78, 5) is 11.5. The third-order valence-corrected chi connectivity index (χ3v) is 3.48. The van der Waals surface area contributed by atoms with Crippen LogP contribution in [-0.2, 0) is 0 Å². The van der Waals surface area contributed by atoms with Crippen LogP contribution < -0.4 is 4.90 Å². The zero-order valence-electron chi connectivity index (χ0n) is 8.62. The van der Waals surface area contributed by atoms with E-state index in [0.717, 1.165) is 29.3 Å². The van der Waals surface area contributed by atoms with Crippen LogP contribution >= 0.6 is 15.9 Å². The van der Waals surface area contributed by atoms with Gasteiger partial charge in [-0.25, -0.2) is 9.97 Å². The van der Waals surface area contributed by atoms with E-state index in [0.29, 0.717) is 5.92 Å². The summed E-state index contributed by atoms with van der Waals surface area (Å²) in [5.74, 6) is 2.77. The molecule has 80 valence electrons. The van der Waals surface area contributed by atoms with Crippen LogP contribution in [0.15, 0.2) is 10.7 Å². The van der Waals surface area contributed by atoms with Gasteiger partial charge in [0.05, 0.1) is 0 Å². The van der Waals surface area contributed by atoms with Crippen molar-refractivity contribution in [3.05, 3.63) is 16.5 Å². The molecule has 2 aliphatic rings. The van der Waals surface area contributed by atoms with Gasteiger partial charge >= 0.3 is 0 Å². The van der Waals surface area contributed by atoms with Gasteiger partial charge in [0.25, 0.3) is 0 Å². The molecular formula is C11H14BrN3. The molecular weight excluding hydrogens is 254 g/mol. The summed E-state index contributed by atoms with van der Waals surface area (Å²) >= 11 is 3.48. The number of aromatic nitrogens is 2. The Balaban J connectivity index is 1.91. The minimum Gasteiger partial charge on any atom is -0.356 e. The molecule has 1 aromatic heterocycles. The Hall–Kier alpha value is -0.640. The van der Waals surface area contributed by atoms with Gasteiger partial charge in [0, 0.05) is 25.1 Å². The second-order valence-corrected chi connectivity index (χ2v) is 5.19. The minimum absolute atomic E-state index is 0.629. The molecule has 0 atom stereocenters. The van der Waals surface area contributed by atoms with Gasteiger partial charge in [-0.3, -0.25) is 0 Å². The van der Waals surface area contributed by atoms with Crippen LogP contribution in [0, 0.1) is 0 Å². The number of hydrogen-bond donors (Lipinski definition) is 0. The first kappa shape index (κ1) is 9.58. The van der Waals surface area contributed by atoms with Crippen molar-refractivity contribution in [1.82, 2.24) is 9.97 Å². The SMILES string of the molecule is Brc1cc(N2CCCC2)nc(C2CC2)n1. The third kappa shape index (κ3) is 2.00. The predicted octanol–water partition coefficient (Wildman–Crippen LogP) is 2.72. The molecule has 1 saturated carbocycles. The second kappa shape index (κ2) is 3.74. The van der Waals surface area contributed by atoms with Crippen LogP contribution in [0.3, 0.4) is 0 Å². The van der Waals surface area contributed by atoms with E-state index in [2.05, 4.69) is 30.8 Å². The van der Waals surface area contributed by atoms with Gasteiger partial charge in [-0.05, 0) is 41.6 Å². The second-order valence-electron chi connectivity index (χ2n) is 4.38. The first-order chi connectivity index (χ1) is 7.33. The Morgan fingerprint density at radius 2 is 1.93 bits per heavy atom. The summed E-state index contributed by atoms with van der Waals surface area (Å²) in [5, 5.41) is 0. The molecule has 1 saturated heterocycles. The fraction of sp³-hybridized carbons (Fsp3) is 0.636. The Morgan fingerprint density at radius 1 is 1.20 bits per heavy atom. The van der Waals surface area contributed by atoms with E-state index in [-0.39, 0.29) is 0 Å². The summed E-state index contributed by atoms with van der Waals surface area (Å²) in [6.07, 6.45) is 5.10. The van der Waals surface area contributed by atoms with E-state index in [1.165, 1.54) is 25.7 Å². The van der Waals surface area contributed by atoms with Crippen molar-refractivity contribution < 1.29 is 0 Å². The Morgan fingerprint density at radius 3 is 2.60 bits per heavy atom. The highest BCUT2D eigenvalue weighted by Gasteiger charge is 2.28. The molecule has 1 aliphatic heterocycles. The molecule has 1 aliphatic carbocycles. The van der Waals surface area contributed by atoms with Crippen LogP contribution in [0.4, 0.5) is 5.82 Å². The number of nitrogens with zero attached hydrogens (tertiary/aromatic N) is 3. The fourth-order valence-electron chi connectivity index (χ4n) is 2.06. The van der Waals surface area contributed by atoms with Crippen LogP contribution in [0.2, 0.25) is 0 Å². The lowest BCUT2D eigenvalue weighted by Crippen LogP contribution is -2.19. The Kier molecular flexibility index (Phi) is 2.39. The molecule has 0 aromatic carbocycles. The van der Waals surface area contributed by atoms with Crippen LogP contribution in [0.25, 0.3) is 0 Å². The standard InChI is InChI=1S/C11H14BrN3/c12-9-7-10(15-5-1-2-6-15)14-11(13-9)8-3-4-8/h7-8H,1-6H2. The van der Waals surface area contributed by atoms with Crippen molar-refractivity contribution in [3.63, 3.8) is 0 Å². The summed E-state index contributed by atoms with van der Waals surface area (Å²) in [6.45, 7) is 2.29. The summed E-state index contributed by atoms with van der Waals surface area (Å²) < 4.78 is 0.932. The van der Waals surface area contributed by atoms with Gasteiger partial charge in [-0.15, -0.1) is 0 Å². The van der Waals surface area contributed by atoms with Gasteiger partial charge in [0.1, 0.15) is 16.2 Å². The first-order valence-corrected chi connectivity index (χ1v) is 6.41. The first-order valence-electron chi connectivity index (χ1n) is 5.62. The average Bonchev–Trinajstić information content (AvgIpc) is 2.93. The highest BCUT2D eigenvalue weighted by atomic mass is 79.9. The van der Waals surface area contributed by atoms with E-state index in [9.17, 15) is 0 Å². The zero-order valence-corrected chi connectivity index (χ0v) is 10.2. The molecule has 0 unspecified atom stereocenters. The number of rotatable bonds is 2. The van der Waals surface area contributed by atoms with E-state index < -0.39 is 0 Å². The van der Waals surface area contributed by atoms with Crippen LogP contribution in [-0.4, -0.2) is 23.1 Å². The molecule has 0 radical (unpaired) electrons. The lowest BCUT2D eigenvalue weighted by molar-refractivity contribution is 0.865. The molecule has 0 spiro atoms. The number of halogens is 1. The third-order valence-electron chi connectivity index (χ3n) is 3.07. The molecule has 15 heavy (non-hydrogen) atoms. The van der Waals surface area contributed by atoms with Gasteiger partial charge in [0.2, 0.25) is 0 Å². The van der Waals surface area contributed by atoms with Gasteiger partial charge in [0.15, 0.2) is 0 Å². The van der Waals surface area contributed by atoms with Gasteiger partial charge < -0.3 is 4.90 Å². The normalized spacial score (nSPS) is 21.0. The predicted molar refractivity (Wildman–Crippen MR) is 63.2 cm³/mol. The summed E-state index contributed by atoms with van der Waals surface area (Å²) in [7, 11) is 0. The summed E-state index contributed by atoms with van der Waals surface area (Å²) in [6, 6.07) is 2.04. The molecule has 3 rings (SSSR count). The maximum atomic E-state index is 4.66. The molecule has 0 amide bonds. The van der Waals surface area contributed by atoms with Crippen molar-refractivity contribution >= 4 is 21.7 Å². The van der Waals surface area contributed by atoms with Crippen LogP contribution in [0.5, 0.6) is 0 Å². The van der Waals surface area contributed by atoms with Crippen molar-refractivity contribution in [2.24, 2.45) is 0 Å². The minimum atomic E-state index is 0.629. The molecule has 0 bridgehead atoms. The number of anilines is 1. The van der Waals surface area contributed by atoms with Crippen molar-refractivity contribution in [3.8, 4) is 0 Å². The highest BCUT2D eigenvalue weighted by Crippen LogP contribution is 2.39. The fourth-order valence-corrected chi connectivity index (χ4v) is 2.44. The average molecular weight is 268 g/mol. The number of hydrogen-bond acceptors (Lipinski definition) is 3. The summed E-state index contributed by atoms with van der Waals surface area (Å²) in [5.41, 5.74) is 0. The largest absolute Gasteiger partial charge is 0.356 e. The maximum absolute atomic E-state index is 4.66. The van der Waals surface area contributed by atoms with Gasteiger partial charge in [-0.2, -0.15) is 0 Å². The van der Waals surface area contributed by atoms with E-state index >= 15 is 0 Å². The Labute approximate surface area is 98.0 Å². The van der Waals surface area contributed by atoms with Crippen molar-refractivity contribution in [2.45, 2.75) is 31.6 Å². The van der Waals surface area contributed by atoms with E-state index in [1.54, 1.807) is 0 Å². The van der Waals surface area contributed by atoms with Crippen molar-refractivity contribution in [2.75, 3.05) is 18.0 Å². The van der Waals surface area contributed by atoms with Crippen molar-refractivity contribution in [1.29, 1.82) is 0 Å². The molecule has 0 N–H and O–H groups in total. The topological polar surface area (TPSA) is 29.0 Å². The Bertz CT molecular complexity index is 370. The highest BCUT2D eigenvalue weighted by molar-refractivity contribution is 9.10. The van der Waals surface area contributed by atoms with E-state index in [4.69, 9.17) is 0 Å². The maximum Gasteiger partial charge on any atom is 0.135 e. The monoisotopic (exact) mass is 267 g/mol. The zero-order chi connectivity index (χ0) is 10.3. The van der Waals surface area contributed by atoms with Crippen LogP contribution in [0.1, 0.15) is 37.4 Å². The van der Waals surface area contributed by atoms with Gasteiger partial charge in [-0.1, -0.05) is 0 Å². The molecule has 1 aromatic rings. The molecule has 3 nitrogen and oxygen atoms in total. The van der Waals surface area contributed by atoms with E-state index in [1.807, 2.05) is 6.07 Å². The lowest BCUT2D eigenvalue weighted by Gasteiger charge is -2.16. The quantitative estimate of drug-likeness (QED) is 0.772.